The number of Topliss-reactive ketones (excluding diaryl/α,β-unsaturated/α-hetero) is 1. The highest BCUT2D eigenvalue weighted by Gasteiger charge is 2.12. The Morgan fingerprint density at radius 2 is 1.70 bits per heavy atom. The molecule has 0 aliphatic heterocycles. The molecule has 0 unspecified atom stereocenters. The Morgan fingerprint density at radius 1 is 1.00 bits per heavy atom. The molecule has 0 aliphatic rings. The van der Waals surface area contributed by atoms with Gasteiger partial charge in [0.15, 0.2) is 11.5 Å². The highest BCUT2D eigenvalue weighted by molar-refractivity contribution is 6.04. The molecule has 0 spiro atoms. The van der Waals surface area contributed by atoms with Gasteiger partial charge in [0.1, 0.15) is 0 Å². The summed E-state index contributed by atoms with van der Waals surface area (Å²) in [4.78, 5) is 35.3. The lowest BCUT2D eigenvalue weighted by molar-refractivity contribution is 0.0991. The van der Waals surface area contributed by atoms with E-state index in [-0.39, 0.29) is 11.5 Å². The van der Waals surface area contributed by atoms with Gasteiger partial charge < -0.3 is 9.73 Å². The van der Waals surface area contributed by atoms with Crippen molar-refractivity contribution >= 4 is 28.2 Å². The van der Waals surface area contributed by atoms with Gasteiger partial charge in [0, 0.05) is 11.3 Å². The van der Waals surface area contributed by atoms with E-state index in [4.69, 9.17) is 4.42 Å². The second kappa shape index (κ2) is 5.88. The quantitative estimate of drug-likeness (QED) is 0.754. The van der Waals surface area contributed by atoms with Crippen molar-refractivity contribution in [3.8, 4) is 0 Å². The number of amides is 1. The SMILES string of the molecule is CC(=O)c1ccc(NC(=O)c2cc3ccccc3c(=O)o2)cc1. The molecule has 0 aliphatic carbocycles. The molecule has 1 amide bonds. The average Bonchev–Trinajstić information content (AvgIpc) is 2.55. The van der Waals surface area contributed by atoms with E-state index in [1.807, 2.05) is 0 Å². The van der Waals surface area contributed by atoms with E-state index in [0.29, 0.717) is 22.0 Å². The van der Waals surface area contributed by atoms with Crippen LogP contribution >= 0.6 is 0 Å². The number of hydrogen-bond acceptors (Lipinski definition) is 4. The lowest BCUT2D eigenvalue weighted by atomic mass is 10.1. The van der Waals surface area contributed by atoms with Gasteiger partial charge in [0.25, 0.3) is 5.91 Å². The number of benzene rings is 2. The molecule has 114 valence electrons. The van der Waals surface area contributed by atoms with Crippen molar-refractivity contribution in [2.24, 2.45) is 0 Å². The zero-order valence-electron chi connectivity index (χ0n) is 12.3. The van der Waals surface area contributed by atoms with Gasteiger partial charge in [0.2, 0.25) is 0 Å². The molecule has 0 saturated carbocycles. The van der Waals surface area contributed by atoms with Gasteiger partial charge in [-0.05, 0) is 48.7 Å². The smallest absolute Gasteiger partial charge is 0.344 e. The van der Waals surface area contributed by atoms with Crippen LogP contribution in [-0.4, -0.2) is 11.7 Å². The first-order valence-corrected chi connectivity index (χ1v) is 7.00. The van der Waals surface area contributed by atoms with Crippen LogP contribution in [0.4, 0.5) is 5.69 Å². The maximum absolute atomic E-state index is 12.2. The van der Waals surface area contributed by atoms with Crippen LogP contribution < -0.4 is 10.9 Å². The fourth-order valence-corrected chi connectivity index (χ4v) is 2.23. The molecule has 5 heteroatoms. The van der Waals surface area contributed by atoms with Gasteiger partial charge >= 0.3 is 5.63 Å². The van der Waals surface area contributed by atoms with E-state index in [0.717, 1.165) is 0 Å². The third kappa shape index (κ3) is 3.03. The van der Waals surface area contributed by atoms with E-state index in [2.05, 4.69) is 5.32 Å². The summed E-state index contributed by atoms with van der Waals surface area (Å²) in [6.07, 6.45) is 0. The summed E-state index contributed by atoms with van der Waals surface area (Å²) < 4.78 is 5.06. The molecule has 0 fully saturated rings. The molecule has 1 heterocycles. The van der Waals surface area contributed by atoms with E-state index in [1.54, 1.807) is 48.5 Å². The predicted octanol–water partition coefficient (Wildman–Crippen LogP) is 3.25. The second-order valence-corrected chi connectivity index (χ2v) is 5.07. The van der Waals surface area contributed by atoms with Gasteiger partial charge in [-0.3, -0.25) is 9.59 Å². The summed E-state index contributed by atoms with van der Waals surface area (Å²) in [6, 6.07) is 14.9. The summed E-state index contributed by atoms with van der Waals surface area (Å²) >= 11 is 0. The molecule has 0 radical (unpaired) electrons. The number of carbonyl (C=O) groups excluding carboxylic acids is 2. The van der Waals surface area contributed by atoms with Crippen molar-refractivity contribution in [1.82, 2.24) is 0 Å². The molecular formula is C18H13NO4. The second-order valence-electron chi connectivity index (χ2n) is 5.07. The van der Waals surface area contributed by atoms with E-state index < -0.39 is 11.5 Å². The Bertz CT molecular complexity index is 955. The molecule has 0 saturated heterocycles. The molecule has 1 N–H and O–H groups in total. The lowest BCUT2D eigenvalue weighted by Crippen LogP contribution is -2.15. The van der Waals surface area contributed by atoms with Crippen molar-refractivity contribution in [2.75, 3.05) is 5.32 Å². The van der Waals surface area contributed by atoms with Gasteiger partial charge in [-0.2, -0.15) is 0 Å². The number of nitrogens with one attached hydrogen (secondary N) is 1. The van der Waals surface area contributed by atoms with Crippen molar-refractivity contribution in [1.29, 1.82) is 0 Å². The standard InChI is InChI=1S/C18H13NO4/c1-11(20)12-6-8-14(9-7-12)19-17(21)16-10-13-4-2-3-5-15(13)18(22)23-16/h2-10H,1H3,(H,19,21). The Balaban J connectivity index is 1.88. The van der Waals surface area contributed by atoms with Crippen LogP contribution in [-0.2, 0) is 0 Å². The summed E-state index contributed by atoms with van der Waals surface area (Å²) in [5, 5.41) is 3.70. The fraction of sp³-hybridized carbons (Fsp3) is 0.0556. The van der Waals surface area contributed by atoms with Gasteiger partial charge in [-0.25, -0.2) is 4.79 Å². The summed E-state index contributed by atoms with van der Waals surface area (Å²) in [6.45, 7) is 1.47. The first kappa shape index (κ1) is 14.7. The molecule has 2 aromatic carbocycles. The van der Waals surface area contributed by atoms with Gasteiger partial charge in [-0.15, -0.1) is 0 Å². The van der Waals surface area contributed by atoms with Crippen molar-refractivity contribution in [3.63, 3.8) is 0 Å². The summed E-state index contributed by atoms with van der Waals surface area (Å²) in [7, 11) is 0. The number of anilines is 1. The number of carbonyl (C=O) groups is 2. The molecule has 23 heavy (non-hydrogen) atoms. The first-order chi connectivity index (χ1) is 11.0. The molecule has 3 rings (SSSR count). The normalized spacial score (nSPS) is 10.5. The highest BCUT2D eigenvalue weighted by Crippen LogP contribution is 2.14. The minimum Gasteiger partial charge on any atom is -0.417 e. The monoisotopic (exact) mass is 307 g/mol. The molecule has 3 aromatic rings. The molecular weight excluding hydrogens is 294 g/mol. The third-order valence-corrected chi connectivity index (χ3v) is 3.44. The Kier molecular flexibility index (Phi) is 3.76. The Hall–Kier alpha value is -3.21. The fourth-order valence-electron chi connectivity index (χ4n) is 2.23. The average molecular weight is 307 g/mol. The third-order valence-electron chi connectivity index (χ3n) is 3.44. The van der Waals surface area contributed by atoms with E-state index in [9.17, 15) is 14.4 Å². The van der Waals surface area contributed by atoms with Crippen LogP contribution in [0.5, 0.6) is 0 Å². The zero-order valence-corrected chi connectivity index (χ0v) is 12.3. The van der Waals surface area contributed by atoms with Crippen LogP contribution in [0, 0.1) is 0 Å². The summed E-state index contributed by atoms with van der Waals surface area (Å²) in [5.74, 6) is -0.642. The Labute approximate surface area is 131 Å². The van der Waals surface area contributed by atoms with Crippen LogP contribution in [0.3, 0.4) is 0 Å². The predicted molar refractivity (Wildman–Crippen MR) is 86.9 cm³/mol. The highest BCUT2D eigenvalue weighted by atomic mass is 16.4. The zero-order chi connectivity index (χ0) is 16.4. The van der Waals surface area contributed by atoms with E-state index >= 15 is 0 Å². The molecule has 5 nitrogen and oxygen atoms in total. The van der Waals surface area contributed by atoms with Crippen LogP contribution in [0.25, 0.3) is 10.8 Å². The topological polar surface area (TPSA) is 76.4 Å². The summed E-state index contributed by atoms with van der Waals surface area (Å²) in [5.41, 5.74) is 0.510. The van der Waals surface area contributed by atoms with E-state index in [1.165, 1.54) is 13.0 Å². The van der Waals surface area contributed by atoms with Gasteiger partial charge in [0.05, 0.1) is 5.39 Å². The van der Waals surface area contributed by atoms with Crippen LogP contribution in [0.2, 0.25) is 0 Å². The molecule has 1 aromatic heterocycles. The Morgan fingerprint density at radius 3 is 2.39 bits per heavy atom. The first-order valence-electron chi connectivity index (χ1n) is 7.00. The van der Waals surface area contributed by atoms with Crippen LogP contribution in [0.1, 0.15) is 27.8 Å². The minimum atomic E-state index is -0.555. The van der Waals surface area contributed by atoms with Crippen molar-refractivity contribution in [3.05, 3.63) is 76.3 Å². The van der Waals surface area contributed by atoms with Crippen LogP contribution in [0.15, 0.2) is 63.8 Å². The van der Waals surface area contributed by atoms with Crippen molar-refractivity contribution in [2.45, 2.75) is 6.92 Å². The maximum atomic E-state index is 12.2. The number of fused-ring (bicyclic) bond motifs is 1. The minimum absolute atomic E-state index is 0.0524. The molecule has 0 bridgehead atoms. The lowest BCUT2D eigenvalue weighted by Gasteiger charge is -2.05. The van der Waals surface area contributed by atoms with Gasteiger partial charge in [-0.1, -0.05) is 18.2 Å². The number of rotatable bonds is 3. The number of ketones is 1. The number of hydrogen-bond donors (Lipinski definition) is 1. The molecule has 0 atom stereocenters. The van der Waals surface area contributed by atoms with Crippen molar-refractivity contribution < 1.29 is 14.0 Å². The maximum Gasteiger partial charge on any atom is 0.344 e. The largest absolute Gasteiger partial charge is 0.417 e.